The number of hydrogen-bond donors (Lipinski definition) is 1. The van der Waals surface area contributed by atoms with E-state index < -0.39 is 6.23 Å². The summed E-state index contributed by atoms with van der Waals surface area (Å²) in [4.78, 5) is 37.0. The van der Waals surface area contributed by atoms with E-state index in [4.69, 9.17) is 19.2 Å². The second kappa shape index (κ2) is 13.6. The van der Waals surface area contributed by atoms with Crippen LogP contribution in [-0.2, 0) is 0 Å². The number of aliphatic hydroxyl groups is 1. The predicted octanol–water partition coefficient (Wildman–Crippen LogP) is 6.79. The number of nitrogens with zero attached hydrogens (tertiary/aromatic N) is 4. The smallest absolute Gasteiger partial charge is 0.256 e. The molecule has 2 aromatic carbocycles. The van der Waals surface area contributed by atoms with Crippen molar-refractivity contribution in [3.05, 3.63) is 53.1 Å². The fraction of sp³-hybridized carbons (Fsp3) is 0.575. The molecule has 4 atom stereocenters. The monoisotopic (exact) mass is 686 g/mol. The number of methoxy groups -OCH3 is 1. The van der Waals surface area contributed by atoms with Gasteiger partial charge in [0.2, 0.25) is 0 Å². The number of aliphatic hydroxyl groups excluding tert-OH is 1. The third kappa shape index (κ3) is 7.09. The van der Waals surface area contributed by atoms with Gasteiger partial charge in [0.25, 0.3) is 11.8 Å². The van der Waals surface area contributed by atoms with Gasteiger partial charge in [0.15, 0.2) is 11.5 Å². The summed E-state index contributed by atoms with van der Waals surface area (Å²) in [6, 6.07) is 7.12. The average Bonchev–Trinajstić information content (AvgIpc) is 3.61. The molecule has 4 aliphatic rings. The van der Waals surface area contributed by atoms with E-state index in [2.05, 4.69) is 41.2 Å². The number of anilines is 1. The Bertz CT molecular complexity index is 1700. The molecule has 1 N–H and O–H groups in total. The Labute approximate surface area is 297 Å². The second-order valence-electron chi connectivity index (χ2n) is 16.5. The van der Waals surface area contributed by atoms with Gasteiger partial charge in [0.05, 0.1) is 54.9 Å². The Morgan fingerprint density at radius 3 is 2.40 bits per heavy atom. The van der Waals surface area contributed by atoms with Gasteiger partial charge in [0, 0.05) is 38.5 Å². The summed E-state index contributed by atoms with van der Waals surface area (Å²) < 4.78 is 18.4. The van der Waals surface area contributed by atoms with Gasteiger partial charge in [-0.15, -0.1) is 0 Å². The quantitative estimate of drug-likeness (QED) is 0.260. The Kier molecular flexibility index (Phi) is 9.72. The lowest BCUT2D eigenvalue weighted by atomic mass is 9.78. The minimum Gasteiger partial charge on any atom is -0.493 e. The maximum absolute atomic E-state index is 13.5. The van der Waals surface area contributed by atoms with Gasteiger partial charge in [0.1, 0.15) is 12.0 Å². The SMILES string of the molecule is C=C1C[C@H]2[C@H](O)N(C)c3cc(OCCC(C)(C)CCC(C)(C)COc4cc5c(cc4OC)C(=O)N4CC(C)C[C@H]4C=N5)c(C)cc3C(=O)N2C1. The lowest BCUT2D eigenvalue weighted by Crippen LogP contribution is -2.47. The van der Waals surface area contributed by atoms with Crippen molar-refractivity contribution < 1.29 is 28.9 Å². The van der Waals surface area contributed by atoms with Crippen LogP contribution in [0, 0.1) is 23.7 Å². The lowest BCUT2D eigenvalue weighted by molar-refractivity contribution is 0.0527. The molecule has 0 aromatic heterocycles. The van der Waals surface area contributed by atoms with Crippen molar-refractivity contribution in [3.63, 3.8) is 0 Å². The van der Waals surface area contributed by atoms with Gasteiger partial charge in [-0.25, -0.2) is 0 Å². The lowest BCUT2D eigenvalue weighted by Gasteiger charge is -2.32. The van der Waals surface area contributed by atoms with E-state index in [0.29, 0.717) is 66.1 Å². The number of hydrogen-bond acceptors (Lipinski definition) is 8. The number of amides is 2. The number of rotatable bonds is 11. The molecule has 4 aliphatic heterocycles. The topological polar surface area (TPSA) is 104 Å². The molecule has 1 unspecified atom stereocenters. The number of benzene rings is 2. The van der Waals surface area contributed by atoms with E-state index in [0.717, 1.165) is 49.1 Å². The molecule has 2 saturated heterocycles. The summed E-state index contributed by atoms with van der Waals surface area (Å²) in [5, 5.41) is 11.1. The maximum atomic E-state index is 13.5. The molecule has 0 aliphatic carbocycles. The molecule has 6 rings (SSSR count). The van der Waals surface area contributed by atoms with Gasteiger partial charge < -0.3 is 34.0 Å². The fourth-order valence-electron chi connectivity index (χ4n) is 7.63. The first-order valence-electron chi connectivity index (χ1n) is 17.9. The third-order valence-corrected chi connectivity index (χ3v) is 11.0. The summed E-state index contributed by atoms with van der Waals surface area (Å²) in [5.74, 6) is 2.23. The van der Waals surface area contributed by atoms with E-state index >= 15 is 0 Å². The molecule has 2 amide bonds. The largest absolute Gasteiger partial charge is 0.493 e. The first kappa shape index (κ1) is 35.8. The van der Waals surface area contributed by atoms with Crippen molar-refractivity contribution in [2.45, 2.75) is 92.0 Å². The molecule has 50 heavy (non-hydrogen) atoms. The van der Waals surface area contributed by atoms with Crippen LogP contribution in [0.15, 0.2) is 41.4 Å². The van der Waals surface area contributed by atoms with Crippen LogP contribution in [-0.4, -0.2) is 91.7 Å². The van der Waals surface area contributed by atoms with E-state index in [1.165, 1.54) is 0 Å². The van der Waals surface area contributed by atoms with Crippen LogP contribution in [0.3, 0.4) is 0 Å². The molecule has 2 fully saturated rings. The number of carbonyl (C=O) groups excluding carboxylic acids is 2. The van der Waals surface area contributed by atoms with Crippen LogP contribution >= 0.6 is 0 Å². The van der Waals surface area contributed by atoms with E-state index in [1.807, 2.05) is 43.3 Å². The van der Waals surface area contributed by atoms with Crippen LogP contribution in [0.25, 0.3) is 0 Å². The van der Waals surface area contributed by atoms with Crippen molar-refractivity contribution >= 4 is 29.4 Å². The maximum Gasteiger partial charge on any atom is 0.256 e. The highest BCUT2D eigenvalue weighted by molar-refractivity contribution is 6.04. The van der Waals surface area contributed by atoms with Crippen molar-refractivity contribution in [2.24, 2.45) is 21.7 Å². The normalized spacial score (nSPS) is 23.3. The van der Waals surface area contributed by atoms with Crippen LogP contribution in [0.2, 0.25) is 0 Å². The van der Waals surface area contributed by atoms with Gasteiger partial charge in [-0.3, -0.25) is 14.6 Å². The summed E-state index contributed by atoms with van der Waals surface area (Å²) >= 11 is 0. The number of carbonyl (C=O) groups is 2. The van der Waals surface area contributed by atoms with Crippen molar-refractivity contribution in [2.75, 3.05) is 45.4 Å². The average molecular weight is 687 g/mol. The van der Waals surface area contributed by atoms with Gasteiger partial charge in [-0.2, -0.15) is 0 Å². The molecular weight excluding hydrogens is 632 g/mol. The zero-order valence-corrected chi connectivity index (χ0v) is 31.0. The molecule has 10 heteroatoms. The highest BCUT2D eigenvalue weighted by atomic mass is 16.5. The Hall–Kier alpha value is -4.05. The number of ether oxygens (including phenoxy) is 3. The van der Waals surface area contributed by atoms with Crippen molar-refractivity contribution in [1.82, 2.24) is 9.80 Å². The second-order valence-corrected chi connectivity index (χ2v) is 16.5. The van der Waals surface area contributed by atoms with Gasteiger partial charge >= 0.3 is 0 Å². The Balaban J connectivity index is 1.05. The van der Waals surface area contributed by atoms with Gasteiger partial charge in [-0.05, 0) is 73.5 Å². The zero-order valence-electron chi connectivity index (χ0n) is 31.0. The molecule has 4 heterocycles. The number of aliphatic imine (C=N–C) groups is 1. The molecule has 0 saturated carbocycles. The third-order valence-electron chi connectivity index (χ3n) is 11.0. The fourth-order valence-corrected chi connectivity index (χ4v) is 7.63. The van der Waals surface area contributed by atoms with Crippen molar-refractivity contribution in [1.29, 1.82) is 0 Å². The highest BCUT2D eigenvalue weighted by Gasteiger charge is 2.42. The first-order valence-corrected chi connectivity index (χ1v) is 17.9. The summed E-state index contributed by atoms with van der Waals surface area (Å²) in [7, 11) is 3.43. The molecule has 0 radical (unpaired) electrons. The van der Waals surface area contributed by atoms with Crippen LogP contribution in [0.1, 0.15) is 93.0 Å². The van der Waals surface area contributed by atoms with E-state index in [1.54, 1.807) is 23.0 Å². The first-order chi connectivity index (χ1) is 23.6. The highest BCUT2D eigenvalue weighted by Crippen LogP contribution is 2.41. The minimum absolute atomic E-state index is 0.00564. The Morgan fingerprint density at radius 2 is 1.66 bits per heavy atom. The molecule has 10 nitrogen and oxygen atoms in total. The van der Waals surface area contributed by atoms with Crippen molar-refractivity contribution in [3.8, 4) is 17.2 Å². The number of likely N-dealkylation sites (N-methyl/N-ethyl adjacent to an activating group) is 1. The van der Waals surface area contributed by atoms with Gasteiger partial charge in [-0.1, -0.05) is 46.8 Å². The molecular formula is C40H54N4O6. The summed E-state index contributed by atoms with van der Waals surface area (Å²) in [5.41, 5.74) is 4.18. The zero-order chi connectivity index (χ0) is 36.1. The summed E-state index contributed by atoms with van der Waals surface area (Å²) in [6.45, 7) is 19.3. The molecule has 0 spiro atoms. The standard InChI is InChI=1S/C40H54N4O6/c1-24-14-27-20-41-30-18-35(34(48-9)17-28(30)36(45)43(27)21-24)50-23-40(6,7)11-10-39(4,5)12-13-49-33-19-31-29(16-26(33)3)37(46)44-22-25(2)15-32(44)38(47)42(31)8/h16-20,24,27,32,38,47H,2,10-15,21-23H2,1,3-9H3/t24?,27-,32-,38-/m0/s1. The predicted molar refractivity (Wildman–Crippen MR) is 196 cm³/mol. The number of fused-ring (bicyclic) bond motifs is 4. The summed E-state index contributed by atoms with van der Waals surface area (Å²) in [6.07, 6.45) is 5.36. The van der Waals surface area contributed by atoms with Crippen LogP contribution in [0.5, 0.6) is 17.2 Å². The minimum atomic E-state index is -0.821. The molecule has 2 aromatic rings. The van der Waals surface area contributed by atoms with E-state index in [9.17, 15) is 14.7 Å². The van der Waals surface area contributed by atoms with E-state index in [-0.39, 0.29) is 34.7 Å². The van der Waals surface area contributed by atoms with Crippen LogP contribution in [0.4, 0.5) is 11.4 Å². The number of aryl methyl sites for hydroxylation is 1. The molecule has 270 valence electrons. The molecule has 0 bridgehead atoms. The van der Waals surface area contributed by atoms with Crippen LogP contribution < -0.4 is 19.1 Å². The Morgan fingerprint density at radius 1 is 0.940 bits per heavy atom.